The molecule has 11 heteroatoms. The molecule has 0 unspecified atom stereocenters. The van der Waals surface area contributed by atoms with Crippen LogP contribution in [0.5, 0.6) is 0 Å². The van der Waals surface area contributed by atoms with Crippen molar-refractivity contribution in [2.75, 3.05) is 22.0 Å². The molecule has 0 aliphatic carbocycles. The molecule has 0 saturated carbocycles. The SMILES string of the molecule is C[C@@H](NC(=O)N[C@H](C)c1cccc(NS(C)(=O)=O)c1)c1cccc(NS(C)(=O)=O)c1. The zero-order chi connectivity index (χ0) is 22.5. The number of sulfonamides is 2. The fourth-order valence-electron chi connectivity index (χ4n) is 2.77. The van der Waals surface area contributed by atoms with Gasteiger partial charge >= 0.3 is 6.03 Å². The van der Waals surface area contributed by atoms with Gasteiger partial charge in [-0.3, -0.25) is 9.44 Å². The number of anilines is 2. The molecule has 2 aromatic rings. The van der Waals surface area contributed by atoms with E-state index < -0.39 is 26.1 Å². The van der Waals surface area contributed by atoms with Crippen molar-refractivity contribution in [3.05, 3.63) is 59.7 Å². The van der Waals surface area contributed by atoms with Crippen molar-refractivity contribution in [3.63, 3.8) is 0 Å². The maximum atomic E-state index is 12.4. The molecule has 164 valence electrons. The topological polar surface area (TPSA) is 133 Å². The molecular formula is C19H26N4O5S2. The van der Waals surface area contributed by atoms with Gasteiger partial charge in [0.05, 0.1) is 24.6 Å². The highest BCUT2D eigenvalue weighted by atomic mass is 32.2. The van der Waals surface area contributed by atoms with E-state index in [1.54, 1.807) is 62.4 Å². The Balaban J connectivity index is 2.01. The van der Waals surface area contributed by atoms with Crippen molar-refractivity contribution in [2.45, 2.75) is 25.9 Å². The molecule has 0 spiro atoms. The number of rotatable bonds is 8. The Morgan fingerprint density at radius 3 is 1.43 bits per heavy atom. The fraction of sp³-hybridized carbons (Fsp3) is 0.316. The first kappa shape index (κ1) is 23.5. The standard InChI is InChI=1S/C19H26N4O5S2/c1-13(15-7-5-9-17(11-15)22-29(3,25)26)20-19(24)21-14(2)16-8-6-10-18(12-16)23-30(4,27)28/h5-14,22-23H,1-4H3,(H2,20,21,24)/t13-,14-/m1/s1. The quantitative estimate of drug-likeness (QED) is 0.486. The molecule has 2 atom stereocenters. The summed E-state index contributed by atoms with van der Waals surface area (Å²) in [4.78, 5) is 12.4. The minimum atomic E-state index is -3.40. The van der Waals surface area contributed by atoms with Crippen LogP contribution in [0.3, 0.4) is 0 Å². The lowest BCUT2D eigenvalue weighted by Crippen LogP contribution is -2.38. The number of carbonyl (C=O) groups excluding carboxylic acids is 1. The maximum Gasteiger partial charge on any atom is 0.315 e. The minimum absolute atomic E-state index is 0.378. The van der Waals surface area contributed by atoms with Crippen LogP contribution in [0.25, 0.3) is 0 Å². The van der Waals surface area contributed by atoms with Crippen LogP contribution in [0.4, 0.5) is 16.2 Å². The molecule has 0 heterocycles. The van der Waals surface area contributed by atoms with Crippen LogP contribution >= 0.6 is 0 Å². The lowest BCUT2D eigenvalue weighted by Gasteiger charge is -2.20. The first-order chi connectivity index (χ1) is 13.8. The molecule has 2 amide bonds. The zero-order valence-electron chi connectivity index (χ0n) is 17.1. The molecular weight excluding hydrogens is 428 g/mol. The second-order valence-electron chi connectivity index (χ2n) is 7.06. The fourth-order valence-corrected chi connectivity index (χ4v) is 3.88. The number of amides is 2. The van der Waals surface area contributed by atoms with Crippen molar-refractivity contribution < 1.29 is 21.6 Å². The lowest BCUT2D eigenvalue weighted by molar-refractivity contribution is 0.235. The summed E-state index contributed by atoms with van der Waals surface area (Å²) in [6.45, 7) is 3.56. The summed E-state index contributed by atoms with van der Waals surface area (Å²) >= 11 is 0. The van der Waals surface area contributed by atoms with Crippen LogP contribution in [0.2, 0.25) is 0 Å². The average Bonchev–Trinajstić information content (AvgIpc) is 2.59. The lowest BCUT2D eigenvalue weighted by atomic mass is 10.1. The first-order valence-electron chi connectivity index (χ1n) is 9.05. The highest BCUT2D eigenvalue weighted by Crippen LogP contribution is 2.20. The third-order valence-corrected chi connectivity index (χ3v) is 5.29. The van der Waals surface area contributed by atoms with Gasteiger partial charge in [0.1, 0.15) is 0 Å². The summed E-state index contributed by atoms with van der Waals surface area (Å²) in [5, 5.41) is 5.60. The molecule has 0 fully saturated rings. The average molecular weight is 455 g/mol. The molecule has 2 aromatic carbocycles. The van der Waals surface area contributed by atoms with Crippen LogP contribution < -0.4 is 20.1 Å². The Kier molecular flexibility index (Phi) is 7.32. The van der Waals surface area contributed by atoms with E-state index in [2.05, 4.69) is 20.1 Å². The smallest absolute Gasteiger partial charge is 0.315 e. The molecule has 30 heavy (non-hydrogen) atoms. The monoisotopic (exact) mass is 454 g/mol. The molecule has 2 rings (SSSR count). The zero-order valence-corrected chi connectivity index (χ0v) is 18.8. The van der Waals surface area contributed by atoms with Crippen LogP contribution in [0, 0.1) is 0 Å². The number of carbonyl (C=O) groups is 1. The number of benzene rings is 2. The summed E-state index contributed by atoms with van der Waals surface area (Å²) in [5.74, 6) is 0. The Labute approximate surface area is 177 Å². The van der Waals surface area contributed by atoms with Gasteiger partial charge in [0.25, 0.3) is 0 Å². The van der Waals surface area contributed by atoms with Gasteiger partial charge in [-0.2, -0.15) is 0 Å². The first-order valence-corrected chi connectivity index (χ1v) is 12.8. The molecule has 0 aliphatic rings. The van der Waals surface area contributed by atoms with E-state index in [0.717, 1.165) is 23.6 Å². The van der Waals surface area contributed by atoms with Gasteiger partial charge in [-0.25, -0.2) is 21.6 Å². The normalized spacial score (nSPS) is 13.7. The van der Waals surface area contributed by atoms with E-state index >= 15 is 0 Å². The second kappa shape index (κ2) is 9.35. The molecule has 0 saturated heterocycles. The molecule has 0 aliphatic heterocycles. The van der Waals surface area contributed by atoms with Crippen molar-refractivity contribution in [3.8, 4) is 0 Å². The van der Waals surface area contributed by atoms with Gasteiger partial charge < -0.3 is 10.6 Å². The number of urea groups is 1. The highest BCUT2D eigenvalue weighted by molar-refractivity contribution is 7.92. The predicted octanol–water partition coefficient (Wildman–Crippen LogP) is 2.55. The van der Waals surface area contributed by atoms with Gasteiger partial charge in [-0.15, -0.1) is 0 Å². The molecule has 0 radical (unpaired) electrons. The number of hydrogen-bond donors (Lipinski definition) is 4. The van der Waals surface area contributed by atoms with Crippen molar-refractivity contribution in [1.29, 1.82) is 0 Å². The van der Waals surface area contributed by atoms with Gasteiger partial charge in [0.2, 0.25) is 20.0 Å². The largest absolute Gasteiger partial charge is 0.332 e. The Morgan fingerprint density at radius 2 is 1.10 bits per heavy atom. The summed E-state index contributed by atoms with van der Waals surface area (Å²) in [7, 11) is -6.79. The molecule has 0 bridgehead atoms. The van der Waals surface area contributed by atoms with E-state index in [0.29, 0.717) is 11.4 Å². The van der Waals surface area contributed by atoms with Crippen molar-refractivity contribution in [1.82, 2.24) is 10.6 Å². The molecule has 9 nitrogen and oxygen atoms in total. The van der Waals surface area contributed by atoms with Crippen molar-refractivity contribution in [2.24, 2.45) is 0 Å². The maximum absolute atomic E-state index is 12.4. The molecule has 4 N–H and O–H groups in total. The summed E-state index contributed by atoms with van der Waals surface area (Å²) in [6.07, 6.45) is 2.13. The van der Waals surface area contributed by atoms with Gasteiger partial charge in [-0.05, 0) is 49.2 Å². The number of hydrogen-bond acceptors (Lipinski definition) is 5. The van der Waals surface area contributed by atoms with Crippen LogP contribution in [0.1, 0.15) is 37.1 Å². The third-order valence-electron chi connectivity index (χ3n) is 4.07. The highest BCUT2D eigenvalue weighted by Gasteiger charge is 2.14. The van der Waals surface area contributed by atoms with E-state index in [4.69, 9.17) is 0 Å². The van der Waals surface area contributed by atoms with E-state index in [1.165, 1.54) is 0 Å². The Bertz CT molecular complexity index is 1030. The van der Waals surface area contributed by atoms with Crippen LogP contribution in [-0.4, -0.2) is 35.4 Å². The van der Waals surface area contributed by atoms with Crippen LogP contribution in [0.15, 0.2) is 48.5 Å². The summed E-state index contributed by atoms with van der Waals surface area (Å²) in [5.41, 5.74) is 2.27. The minimum Gasteiger partial charge on any atom is -0.332 e. The van der Waals surface area contributed by atoms with E-state index in [-0.39, 0.29) is 12.1 Å². The van der Waals surface area contributed by atoms with E-state index in [1.807, 2.05) is 0 Å². The van der Waals surface area contributed by atoms with Gasteiger partial charge in [0, 0.05) is 11.4 Å². The summed E-state index contributed by atoms with van der Waals surface area (Å²) < 4.78 is 50.3. The Hall–Kier alpha value is -2.79. The van der Waals surface area contributed by atoms with Crippen molar-refractivity contribution >= 4 is 37.5 Å². The predicted molar refractivity (Wildman–Crippen MR) is 118 cm³/mol. The number of nitrogens with one attached hydrogen (secondary N) is 4. The van der Waals surface area contributed by atoms with Gasteiger partial charge in [0.15, 0.2) is 0 Å². The second-order valence-corrected chi connectivity index (χ2v) is 10.6. The summed E-state index contributed by atoms with van der Waals surface area (Å²) in [6, 6.07) is 12.3. The van der Waals surface area contributed by atoms with E-state index in [9.17, 15) is 21.6 Å². The van der Waals surface area contributed by atoms with Crippen LogP contribution in [-0.2, 0) is 20.0 Å². The van der Waals surface area contributed by atoms with Gasteiger partial charge in [-0.1, -0.05) is 24.3 Å². The molecule has 0 aromatic heterocycles. The Morgan fingerprint density at radius 1 is 0.733 bits per heavy atom. The third kappa shape index (κ3) is 7.91.